The van der Waals surface area contributed by atoms with Gasteiger partial charge in [-0.25, -0.2) is 0 Å². The van der Waals surface area contributed by atoms with Crippen molar-refractivity contribution in [2.24, 2.45) is 0 Å². The summed E-state index contributed by atoms with van der Waals surface area (Å²) in [4.78, 5) is 0. The monoisotopic (exact) mass is 247 g/mol. The van der Waals surface area contributed by atoms with Crippen molar-refractivity contribution in [1.82, 2.24) is 5.32 Å². The maximum atomic E-state index is 3.78. The van der Waals surface area contributed by atoms with E-state index in [0.717, 1.165) is 0 Å². The zero-order valence-corrected chi connectivity index (χ0v) is 12.7. The van der Waals surface area contributed by atoms with Crippen molar-refractivity contribution in [3.63, 3.8) is 0 Å². The number of unbranched alkanes of at least 4 members (excludes halogenated alkanes) is 1. The van der Waals surface area contributed by atoms with Crippen molar-refractivity contribution < 1.29 is 0 Å². The summed E-state index contributed by atoms with van der Waals surface area (Å²) < 4.78 is 0. The number of hydrogen-bond acceptors (Lipinski definition) is 1. The second-order valence-electron chi connectivity index (χ2n) is 5.50. The first kappa shape index (κ1) is 15.2. The molecule has 0 aliphatic rings. The zero-order valence-electron chi connectivity index (χ0n) is 12.7. The molecule has 1 aromatic carbocycles. The molecule has 102 valence electrons. The lowest BCUT2D eigenvalue weighted by molar-refractivity contribution is 0.409. The summed E-state index contributed by atoms with van der Waals surface area (Å²) in [6.07, 6.45) is 5.12. The Labute approximate surface area is 113 Å². The van der Waals surface area contributed by atoms with Crippen molar-refractivity contribution in [3.8, 4) is 0 Å². The Morgan fingerprint density at radius 3 is 2.44 bits per heavy atom. The average molecular weight is 247 g/mol. The molecule has 2 unspecified atom stereocenters. The lowest BCUT2D eigenvalue weighted by atomic mass is 9.98. The lowest BCUT2D eigenvalue weighted by Crippen LogP contribution is -2.31. The summed E-state index contributed by atoms with van der Waals surface area (Å²) in [6.45, 7) is 11.2. The van der Waals surface area contributed by atoms with Gasteiger partial charge in [-0.1, -0.05) is 50.5 Å². The van der Waals surface area contributed by atoms with E-state index in [1.54, 1.807) is 0 Å². The predicted octanol–water partition coefficient (Wildman–Crippen LogP) is 4.92. The van der Waals surface area contributed by atoms with Crippen LogP contribution in [-0.4, -0.2) is 6.04 Å². The van der Waals surface area contributed by atoms with Gasteiger partial charge in [0, 0.05) is 12.1 Å². The van der Waals surface area contributed by atoms with Crippen LogP contribution in [0.3, 0.4) is 0 Å². The molecule has 0 fully saturated rings. The van der Waals surface area contributed by atoms with Gasteiger partial charge in [-0.2, -0.15) is 0 Å². The molecule has 0 aromatic heterocycles. The molecule has 1 N–H and O–H groups in total. The highest BCUT2D eigenvalue weighted by Gasteiger charge is 2.13. The Balaban J connectivity index is 2.65. The predicted molar refractivity (Wildman–Crippen MR) is 81.1 cm³/mol. The molecule has 0 aliphatic heterocycles. The van der Waals surface area contributed by atoms with E-state index in [1.807, 2.05) is 0 Å². The van der Waals surface area contributed by atoms with Gasteiger partial charge in [0.2, 0.25) is 0 Å². The van der Waals surface area contributed by atoms with E-state index in [0.29, 0.717) is 12.1 Å². The van der Waals surface area contributed by atoms with Gasteiger partial charge < -0.3 is 5.32 Å². The summed E-state index contributed by atoms with van der Waals surface area (Å²) >= 11 is 0. The first-order valence-electron chi connectivity index (χ1n) is 7.41. The van der Waals surface area contributed by atoms with Crippen LogP contribution in [0.15, 0.2) is 18.2 Å². The fourth-order valence-corrected chi connectivity index (χ4v) is 2.61. The first-order chi connectivity index (χ1) is 8.58. The van der Waals surface area contributed by atoms with Crippen LogP contribution in [0.25, 0.3) is 0 Å². The molecular weight excluding hydrogens is 218 g/mol. The van der Waals surface area contributed by atoms with Gasteiger partial charge in [-0.3, -0.25) is 0 Å². The highest BCUT2D eigenvalue weighted by Crippen LogP contribution is 2.20. The summed E-state index contributed by atoms with van der Waals surface area (Å²) in [5.41, 5.74) is 4.19. The van der Waals surface area contributed by atoms with Crippen molar-refractivity contribution in [1.29, 1.82) is 0 Å². The quantitative estimate of drug-likeness (QED) is 0.721. The highest BCUT2D eigenvalue weighted by atomic mass is 14.9. The first-order valence-corrected chi connectivity index (χ1v) is 7.41. The van der Waals surface area contributed by atoms with Gasteiger partial charge in [0.1, 0.15) is 0 Å². The van der Waals surface area contributed by atoms with Crippen LogP contribution >= 0.6 is 0 Å². The molecule has 2 atom stereocenters. The Kier molecular flexibility index (Phi) is 6.42. The number of nitrogens with one attached hydrogen (secondary N) is 1. The van der Waals surface area contributed by atoms with Crippen LogP contribution in [-0.2, 0) is 0 Å². The highest BCUT2D eigenvalue weighted by molar-refractivity contribution is 5.32. The Bertz CT molecular complexity index is 357. The third kappa shape index (κ3) is 4.45. The van der Waals surface area contributed by atoms with Crippen LogP contribution in [0.2, 0.25) is 0 Å². The summed E-state index contributed by atoms with van der Waals surface area (Å²) in [7, 11) is 0. The van der Waals surface area contributed by atoms with E-state index >= 15 is 0 Å². The van der Waals surface area contributed by atoms with Crippen molar-refractivity contribution in [3.05, 3.63) is 34.9 Å². The molecule has 0 bridgehead atoms. The molecule has 0 radical (unpaired) electrons. The van der Waals surface area contributed by atoms with Gasteiger partial charge in [0.15, 0.2) is 0 Å². The van der Waals surface area contributed by atoms with Gasteiger partial charge in [0.25, 0.3) is 0 Å². The van der Waals surface area contributed by atoms with E-state index in [1.165, 1.54) is 42.4 Å². The van der Waals surface area contributed by atoms with E-state index in [-0.39, 0.29) is 0 Å². The maximum absolute atomic E-state index is 3.78. The van der Waals surface area contributed by atoms with Crippen molar-refractivity contribution in [2.75, 3.05) is 0 Å². The molecule has 0 spiro atoms. The van der Waals surface area contributed by atoms with Crippen LogP contribution in [0.1, 0.15) is 69.2 Å². The fraction of sp³-hybridized carbons (Fsp3) is 0.647. The second kappa shape index (κ2) is 7.58. The molecule has 0 aliphatic carbocycles. The molecule has 0 saturated carbocycles. The van der Waals surface area contributed by atoms with Gasteiger partial charge >= 0.3 is 0 Å². The minimum atomic E-state index is 0.451. The van der Waals surface area contributed by atoms with E-state index < -0.39 is 0 Å². The minimum absolute atomic E-state index is 0.451. The molecule has 0 amide bonds. The largest absolute Gasteiger partial charge is 0.307 e. The Hall–Kier alpha value is -0.820. The molecule has 0 saturated heterocycles. The van der Waals surface area contributed by atoms with Crippen molar-refractivity contribution in [2.45, 2.75) is 72.4 Å². The topological polar surface area (TPSA) is 12.0 Å². The van der Waals surface area contributed by atoms with Crippen molar-refractivity contribution >= 4 is 0 Å². The normalized spacial score (nSPS) is 14.5. The average Bonchev–Trinajstić information content (AvgIpc) is 2.34. The molecule has 1 rings (SSSR count). The molecule has 1 heteroatoms. The van der Waals surface area contributed by atoms with E-state index in [4.69, 9.17) is 0 Å². The zero-order chi connectivity index (χ0) is 13.5. The Morgan fingerprint density at radius 1 is 1.17 bits per heavy atom. The van der Waals surface area contributed by atoms with Crippen LogP contribution in [0.5, 0.6) is 0 Å². The summed E-state index contributed by atoms with van der Waals surface area (Å²) in [6, 6.07) is 7.87. The third-order valence-corrected chi connectivity index (χ3v) is 3.78. The maximum Gasteiger partial charge on any atom is 0.0296 e. The van der Waals surface area contributed by atoms with Gasteiger partial charge in [-0.05, 0) is 44.7 Å². The lowest BCUT2D eigenvalue weighted by Gasteiger charge is -2.24. The number of rotatable bonds is 7. The molecular formula is C17H29N. The number of hydrogen-bond donors (Lipinski definition) is 1. The molecule has 1 nitrogen and oxygen atoms in total. The second-order valence-corrected chi connectivity index (χ2v) is 5.50. The molecule has 0 heterocycles. The Morgan fingerprint density at radius 2 is 1.89 bits per heavy atom. The summed E-state index contributed by atoms with van der Waals surface area (Å²) in [5, 5.41) is 3.78. The van der Waals surface area contributed by atoms with E-state index in [2.05, 4.69) is 58.1 Å². The van der Waals surface area contributed by atoms with E-state index in [9.17, 15) is 0 Å². The minimum Gasteiger partial charge on any atom is -0.307 e. The molecule has 18 heavy (non-hydrogen) atoms. The molecule has 1 aromatic rings. The van der Waals surface area contributed by atoms with Crippen LogP contribution in [0, 0.1) is 13.8 Å². The van der Waals surface area contributed by atoms with Crippen LogP contribution < -0.4 is 5.32 Å². The third-order valence-electron chi connectivity index (χ3n) is 3.78. The number of aryl methyl sites for hydroxylation is 2. The summed E-state index contributed by atoms with van der Waals surface area (Å²) in [5.74, 6) is 0. The standard InChI is InChI=1S/C17H29N/c1-6-8-9-16(7-2)18-15(5)17-11-10-13(3)12-14(17)4/h10-12,15-16,18H,6-9H2,1-5H3. The number of benzene rings is 1. The smallest absolute Gasteiger partial charge is 0.0296 e. The SMILES string of the molecule is CCCCC(CC)NC(C)c1ccc(C)cc1C. The van der Waals surface area contributed by atoms with Gasteiger partial charge in [-0.15, -0.1) is 0 Å². The van der Waals surface area contributed by atoms with Gasteiger partial charge in [0.05, 0.1) is 0 Å². The van der Waals surface area contributed by atoms with Crippen LogP contribution in [0.4, 0.5) is 0 Å². The fourth-order valence-electron chi connectivity index (χ4n) is 2.61.